The maximum Gasteiger partial charge on any atom is 0.223 e. The van der Waals surface area contributed by atoms with Crippen LogP contribution in [0.5, 0.6) is 5.75 Å². The first-order valence-electron chi connectivity index (χ1n) is 7.67. The predicted octanol–water partition coefficient (Wildman–Crippen LogP) is 3.68. The minimum absolute atomic E-state index is 0.196. The Morgan fingerprint density at radius 3 is 2.27 bits per heavy atom. The van der Waals surface area contributed by atoms with Crippen LogP contribution >= 0.6 is 0 Å². The highest BCUT2D eigenvalue weighted by Gasteiger charge is 2.12. The molecular formula is C19H23NO2. The van der Waals surface area contributed by atoms with Crippen LogP contribution in [0.2, 0.25) is 0 Å². The molecule has 0 bridgehead atoms. The molecule has 0 heterocycles. The molecule has 3 heteroatoms. The molecule has 116 valence electrons. The summed E-state index contributed by atoms with van der Waals surface area (Å²) in [6.45, 7) is 3.43. The number of hydrogen-bond acceptors (Lipinski definition) is 2. The van der Waals surface area contributed by atoms with Gasteiger partial charge >= 0.3 is 0 Å². The summed E-state index contributed by atoms with van der Waals surface area (Å²) in [4.78, 5) is 14.3. The van der Waals surface area contributed by atoms with E-state index in [-0.39, 0.29) is 5.91 Å². The zero-order valence-corrected chi connectivity index (χ0v) is 13.3. The lowest BCUT2D eigenvalue weighted by molar-refractivity contribution is -0.131. The van der Waals surface area contributed by atoms with Gasteiger partial charge in [0.05, 0.1) is 7.11 Å². The first kappa shape index (κ1) is 16.1. The Morgan fingerprint density at radius 1 is 1.00 bits per heavy atom. The number of hydrogen-bond donors (Lipinski definition) is 0. The van der Waals surface area contributed by atoms with E-state index in [1.807, 2.05) is 54.3 Å². The zero-order chi connectivity index (χ0) is 15.8. The van der Waals surface area contributed by atoms with E-state index >= 15 is 0 Å². The van der Waals surface area contributed by atoms with Crippen LogP contribution in [0.4, 0.5) is 0 Å². The fraction of sp³-hybridized carbons (Fsp3) is 0.316. The number of amides is 1. The summed E-state index contributed by atoms with van der Waals surface area (Å²) in [5.74, 6) is 1.04. The van der Waals surface area contributed by atoms with E-state index in [9.17, 15) is 4.79 Å². The number of aryl methyl sites for hydroxylation is 1. The summed E-state index contributed by atoms with van der Waals surface area (Å²) in [6, 6.07) is 18.0. The number of nitrogens with zero attached hydrogens (tertiary/aromatic N) is 1. The number of methoxy groups -OCH3 is 1. The number of carbonyl (C=O) groups excluding carboxylic acids is 1. The van der Waals surface area contributed by atoms with Crippen LogP contribution in [0.15, 0.2) is 54.6 Å². The highest BCUT2D eigenvalue weighted by Crippen LogP contribution is 2.13. The van der Waals surface area contributed by atoms with Crippen molar-refractivity contribution < 1.29 is 9.53 Å². The van der Waals surface area contributed by atoms with Crippen molar-refractivity contribution in [2.24, 2.45) is 0 Å². The second kappa shape index (κ2) is 8.23. The van der Waals surface area contributed by atoms with Crippen molar-refractivity contribution in [1.29, 1.82) is 0 Å². The molecule has 0 aromatic heterocycles. The predicted molar refractivity (Wildman–Crippen MR) is 88.8 cm³/mol. The topological polar surface area (TPSA) is 29.5 Å². The SMILES string of the molecule is CCN(Cc1ccccc1)C(=O)CCc1ccc(OC)cc1. The third kappa shape index (κ3) is 4.62. The van der Waals surface area contributed by atoms with E-state index in [0.717, 1.165) is 24.3 Å². The lowest BCUT2D eigenvalue weighted by atomic mass is 10.1. The van der Waals surface area contributed by atoms with Crippen LogP contribution in [0.25, 0.3) is 0 Å². The summed E-state index contributed by atoms with van der Waals surface area (Å²) in [5.41, 5.74) is 2.33. The summed E-state index contributed by atoms with van der Waals surface area (Å²) in [7, 11) is 1.65. The van der Waals surface area contributed by atoms with Gasteiger partial charge < -0.3 is 9.64 Å². The highest BCUT2D eigenvalue weighted by molar-refractivity contribution is 5.76. The first-order chi connectivity index (χ1) is 10.7. The first-order valence-corrected chi connectivity index (χ1v) is 7.67. The van der Waals surface area contributed by atoms with Crippen molar-refractivity contribution in [3.05, 3.63) is 65.7 Å². The Labute approximate surface area is 132 Å². The van der Waals surface area contributed by atoms with Gasteiger partial charge in [0.2, 0.25) is 5.91 Å². The molecule has 2 rings (SSSR count). The summed E-state index contributed by atoms with van der Waals surface area (Å²) in [5, 5.41) is 0. The van der Waals surface area contributed by atoms with Gasteiger partial charge in [0, 0.05) is 19.5 Å². The maximum absolute atomic E-state index is 12.4. The molecule has 0 N–H and O–H groups in total. The average Bonchev–Trinajstić information content (AvgIpc) is 2.59. The summed E-state index contributed by atoms with van der Waals surface area (Å²) < 4.78 is 5.14. The molecule has 0 atom stereocenters. The van der Waals surface area contributed by atoms with Gasteiger partial charge in [-0.3, -0.25) is 4.79 Å². The van der Waals surface area contributed by atoms with Crippen molar-refractivity contribution in [3.8, 4) is 5.75 Å². The van der Waals surface area contributed by atoms with E-state index in [1.165, 1.54) is 5.56 Å². The van der Waals surface area contributed by atoms with E-state index in [2.05, 4.69) is 12.1 Å². The Balaban J connectivity index is 1.88. The number of rotatable bonds is 7. The van der Waals surface area contributed by atoms with Crippen molar-refractivity contribution in [2.45, 2.75) is 26.3 Å². The molecular weight excluding hydrogens is 274 g/mol. The molecule has 1 amide bonds. The smallest absolute Gasteiger partial charge is 0.223 e. The van der Waals surface area contributed by atoms with Crippen molar-refractivity contribution in [1.82, 2.24) is 4.90 Å². The molecule has 0 radical (unpaired) electrons. The quantitative estimate of drug-likeness (QED) is 0.780. The normalized spacial score (nSPS) is 10.3. The number of benzene rings is 2. The molecule has 2 aromatic rings. The van der Waals surface area contributed by atoms with Crippen LogP contribution in [-0.2, 0) is 17.8 Å². The monoisotopic (exact) mass is 297 g/mol. The molecule has 2 aromatic carbocycles. The van der Waals surface area contributed by atoms with E-state index in [1.54, 1.807) is 7.11 Å². The number of ether oxygens (including phenoxy) is 1. The lowest BCUT2D eigenvalue weighted by Gasteiger charge is -2.21. The molecule has 0 aliphatic carbocycles. The maximum atomic E-state index is 12.4. The van der Waals surface area contributed by atoms with Gasteiger partial charge in [-0.05, 0) is 36.6 Å². The van der Waals surface area contributed by atoms with Crippen molar-refractivity contribution in [3.63, 3.8) is 0 Å². The second-order valence-corrected chi connectivity index (χ2v) is 5.24. The van der Waals surface area contributed by atoms with Gasteiger partial charge in [-0.1, -0.05) is 42.5 Å². The molecule has 0 aliphatic heterocycles. The van der Waals surface area contributed by atoms with Gasteiger partial charge in [-0.25, -0.2) is 0 Å². The molecule has 0 unspecified atom stereocenters. The van der Waals surface area contributed by atoms with Gasteiger partial charge in [0.15, 0.2) is 0 Å². The highest BCUT2D eigenvalue weighted by atomic mass is 16.5. The Kier molecular flexibility index (Phi) is 6.01. The fourth-order valence-corrected chi connectivity index (χ4v) is 2.38. The Bertz CT molecular complexity index is 578. The molecule has 0 saturated heterocycles. The van der Waals surface area contributed by atoms with E-state index in [0.29, 0.717) is 13.0 Å². The van der Waals surface area contributed by atoms with Gasteiger partial charge in [0.1, 0.15) is 5.75 Å². The molecule has 3 nitrogen and oxygen atoms in total. The van der Waals surface area contributed by atoms with Crippen LogP contribution in [0.1, 0.15) is 24.5 Å². The summed E-state index contributed by atoms with van der Waals surface area (Å²) >= 11 is 0. The zero-order valence-electron chi connectivity index (χ0n) is 13.3. The molecule has 0 fully saturated rings. The van der Waals surface area contributed by atoms with Gasteiger partial charge in [-0.15, -0.1) is 0 Å². The van der Waals surface area contributed by atoms with Crippen LogP contribution in [-0.4, -0.2) is 24.5 Å². The van der Waals surface area contributed by atoms with E-state index < -0.39 is 0 Å². The largest absolute Gasteiger partial charge is 0.497 e. The Morgan fingerprint density at radius 2 is 1.68 bits per heavy atom. The third-order valence-corrected chi connectivity index (χ3v) is 3.74. The van der Waals surface area contributed by atoms with Crippen molar-refractivity contribution >= 4 is 5.91 Å². The van der Waals surface area contributed by atoms with Crippen molar-refractivity contribution in [2.75, 3.05) is 13.7 Å². The lowest BCUT2D eigenvalue weighted by Crippen LogP contribution is -2.30. The second-order valence-electron chi connectivity index (χ2n) is 5.24. The van der Waals surface area contributed by atoms with Crippen LogP contribution in [0, 0.1) is 0 Å². The van der Waals surface area contributed by atoms with E-state index in [4.69, 9.17) is 4.74 Å². The van der Waals surface area contributed by atoms with Gasteiger partial charge in [0.25, 0.3) is 0 Å². The van der Waals surface area contributed by atoms with Crippen LogP contribution in [0.3, 0.4) is 0 Å². The number of carbonyl (C=O) groups is 1. The molecule has 22 heavy (non-hydrogen) atoms. The fourth-order valence-electron chi connectivity index (χ4n) is 2.38. The minimum atomic E-state index is 0.196. The summed E-state index contributed by atoms with van der Waals surface area (Å²) in [6.07, 6.45) is 1.29. The average molecular weight is 297 g/mol. The van der Waals surface area contributed by atoms with Crippen LogP contribution < -0.4 is 4.74 Å². The Hall–Kier alpha value is -2.29. The van der Waals surface area contributed by atoms with Gasteiger partial charge in [-0.2, -0.15) is 0 Å². The molecule has 0 spiro atoms. The molecule has 0 saturated carbocycles. The minimum Gasteiger partial charge on any atom is -0.497 e. The standard InChI is InChI=1S/C19H23NO2/c1-3-20(15-17-7-5-4-6-8-17)19(21)14-11-16-9-12-18(22-2)13-10-16/h4-10,12-13H,3,11,14-15H2,1-2H3. The third-order valence-electron chi connectivity index (χ3n) is 3.74. The molecule has 0 aliphatic rings.